The quantitative estimate of drug-likeness (QED) is 0.651. The molecule has 0 amide bonds. The van der Waals surface area contributed by atoms with Crippen LogP contribution in [0.4, 0.5) is 5.69 Å². The normalized spacial score (nSPS) is 19.5. The zero-order valence-corrected chi connectivity index (χ0v) is 17.2. The monoisotopic (exact) mass is 391 g/mol. The fourth-order valence-electron chi connectivity index (χ4n) is 2.71. The summed E-state index contributed by atoms with van der Waals surface area (Å²) in [6.45, 7) is 5.54. The van der Waals surface area contributed by atoms with Crippen LogP contribution in [0.15, 0.2) is 54.6 Å². The van der Waals surface area contributed by atoms with E-state index in [9.17, 15) is 0 Å². The molecule has 0 bridgehead atoms. The van der Waals surface area contributed by atoms with Crippen molar-refractivity contribution in [3.63, 3.8) is 0 Å². The van der Waals surface area contributed by atoms with Crippen LogP contribution in [-0.2, 0) is 20.9 Å². The van der Waals surface area contributed by atoms with E-state index >= 15 is 0 Å². The average molecular weight is 391 g/mol. The molecule has 0 aromatic heterocycles. The van der Waals surface area contributed by atoms with Gasteiger partial charge >= 0.3 is 0 Å². The highest BCUT2D eigenvalue weighted by atomic mass is 32.5. The van der Waals surface area contributed by atoms with Crippen molar-refractivity contribution in [2.75, 3.05) is 25.1 Å². The van der Waals surface area contributed by atoms with Crippen LogP contribution in [0.25, 0.3) is 0 Å². The van der Waals surface area contributed by atoms with Gasteiger partial charge in [-0.15, -0.1) is 0 Å². The molecule has 6 heteroatoms. The lowest BCUT2D eigenvalue weighted by atomic mass is 9.97. The highest BCUT2D eigenvalue weighted by Crippen LogP contribution is 2.64. The molecule has 2 aromatic rings. The van der Waals surface area contributed by atoms with Crippen molar-refractivity contribution in [1.29, 1.82) is 0 Å². The molecule has 0 unspecified atom stereocenters. The van der Waals surface area contributed by atoms with E-state index in [0.717, 1.165) is 17.0 Å². The summed E-state index contributed by atoms with van der Waals surface area (Å²) in [5.74, 6) is 0.629. The van der Waals surface area contributed by atoms with E-state index in [0.29, 0.717) is 19.8 Å². The fourth-order valence-corrected chi connectivity index (χ4v) is 5.82. The van der Waals surface area contributed by atoms with Crippen LogP contribution in [0.1, 0.15) is 32.1 Å². The summed E-state index contributed by atoms with van der Waals surface area (Å²) in [4.78, 5) is 0. The summed E-state index contributed by atoms with van der Waals surface area (Å²) in [5.41, 5.74) is 2.02. The number of hydrogen-bond donors (Lipinski definition) is 1. The van der Waals surface area contributed by atoms with Crippen LogP contribution in [0.2, 0.25) is 0 Å². The minimum Gasteiger partial charge on any atom is -0.494 e. The summed E-state index contributed by atoms with van der Waals surface area (Å²) in [7, 11) is 0. The summed E-state index contributed by atoms with van der Waals surface area (Å²) < 4.78 is 17.9. The molecule has 4 nitrogen and oxygen atoms in total. The maximum atomic E-state index is 6.16. The average Bonchev–Trinajstić information content (AvgIpc) is 2.64. The number of rotatable bonds is 6. The second kappa shape index (κ2) is 8.10. The number of hydrogen-bond acceptors (Lipinski definition) is 5. The molecular formula is C20H26NO3PS. The predicted molar refractivity (Wildman–Crippen MR) is 110 cm³/mol. The van der Waals surface area contributed by atoms with Gasteiger partial charge in [0.2, 0.25) is 6.49 Å². The van der Waals surface area contributed by atoms with Crippen molar-refractivity contribution < 1.29 is 13.8 Å². The van der Waals surface area contributed by atoms with Gasteiger partial charge in [-0.25, -0.2) is 0 Å². The molecule has 0 radical (unpaired) electrons. The first-order valence-electron chi connectivity index (χ1n) is 8.85. The Labute approximate surface area is 161 Å². The van der Waals surface area contributed by atoms with Crippen molar-refractivity contribution >= 4 is 24.0 Å². The standard InChI is InChI=1S/C20H26NO3PS/c1-4-22-18-12-10-16(11-13-18)19(21-17-8-6-5-7-9-17)25(26)23-14-20(2,3)15-24-25/h5-13,19,21H,4,14-15H2,1-3H3/t19-/m0/s1. The first-order chi connectivity index (χ1) is 12.4. The predicted octanol–water partition coefficient (Wildman–Crippen LogP) is 5.58. The van der Waals surface area contributed by atoms with Crippen molar-refractivity contribution in [3.8, 4) is 5.75 Å². The molecule has 1 aliphatic rings. The van der Waals surface area contributed by atoms with Crippen molar-refractivity contribution in [2.24, 2.45) is 5.41 Å². The van der Waals surface area contributed by atoms with Gasteiger partial charge in [0, 0.05) is 11.1 Å². The zero-order valence-electron chi connectivity index (χ0n) is 15.5. The molecule has 1 aliphatic heterocycles. The van der Waals surface area contributed by atoms with Crippen LogP contribution in [0.3, 0.4) is 0 Å². The van der Waals surface area contributed by atoms with Gasteiger partial charge in [0.05, 0.1) is 19.8 Å². The molecule has 140 valence electrons. The van der Waals surface area contributed by atoms with E-state index in [1.54, 1.807) is 0 Å². The lowest BCUT2D eigenvalue weighted by Gasteiger charge is -2.40. The maximum absolute atomic E-state index is 6.16. The summed E-state index contributed by atoms with van der Waals surface area (Å²) >= 11 is 5.92. The molecule has 0 aliphatic carbocycles. The first kappa shape index (κ1) is 19.4. The second-order valence-electron chi connectivity index (χ2n) is 7.17. The SMILES string of the molecule is CCOc1ccc([C@@H](Nc2ccccc2)P2(=S)OCC(C)(C)CO2)cc1. The number of anilines is 1. The zero-order chi connectivity index (χ0) is 18.6. The molecule has 1 atom stereocenters. The van der Waals surface area contributed by atoms with E-state index in [1.165, 1.54) is 0 Å². The lowest BCUT2D eigenvalue weighted by molar-refractivity contribution is 0.0579. The Morgan fingerprint density at radius 1 is 1.08 bits per heavy atom. The molecule has 0 spiro atoms. The molecule has 1 heterocycles. The van der Waals surface area contributed by atoms with E-state index < -0.39 is 6.49 Å². The van der Waals surface area contributed by atoms with E-state index in [1.807, 2.05) is 61.5 Å². The minimum absolute atomic E-state index is 0.0154. The number of para-hydroxylation sites is 1. The maximum Gasteiger partial charge on any atom is 0.215 e. The van der Waals surface area contributed by atoms with E-state index in [4.69, 9.17) is 25.6 Å². The van der Waals surface area contributed by atoms with Crippen molar-refractivity contribution in [1.82, 2.24) is 0 Å². The van der Waals surface area contributed by atoms with Gasteiger partial charge < -0.3 is 19.1 Å². The molecule has 0 saturated carbocycles. The van der Waals surface area contributed by atoms with Gasteiger partial charge in [-0.2, -0.15) is 0 Å². The van der Waals surface area contributed by atoms with Gasteiger partial charge in [-0.1, -0.05) is 44.2 Å². The van der Waals surface area contributed by atoms with Gasteiger partial charge in [0.1, 0.15) is 11.5 Å². The minimum atomic E-state index is -2.54. The molecular weight excluding hydrogens is 365 g/mol. The molecule has 26 heavy (non-hydrogen) atoms. The van der Waals surface area contributed by atoms with Gasteiger partial charge in [0.25, 0.3) is 0 Å². The first-order valence-corrected chi connectivity index (χ1v) is 11.6. The third-order valence-electron chi connectivity index (χ3n) is 4.17. The van der Waals surface area contributed by atoms with Crippen molar-refractivity contribution in [3.05, 3.63) is 60.2 Å². The molecule has 3 rings (SSSR count). The smallest absolute Gasteiger partial charge is 0.215 e. The second-order valence-corrected chi connectivity index (χ2v) is 10.8. The fraction of sp³-hybridized carbons (Fsp3) is 0.400. The van der Waals surface area contributed by atoms with Crippen LogP contribution in [0, 0.1) is 5.41 Å². The van der Waals surface area contributed by atoms with Gasteiger partial charge in [0.15, 0.2) is 0 Å². The Kier molecular flexibility index (Phi) is 6.03. The summed E-state index contributed by atoms with van der Waals surface area (Å²) in [6, 6.07) is 18.0. The molecule has 2 aromatic carbocycles. The number of ether oxygens (including phenoxy) is 1. The number of nitrogens with one attached hydrogen (secondary N) is 1. The Morgan fingerprint density at radius 3 is 2.27 bits per heavy atom. The Morgan fingerprint density at radius 2 is 1.69 bits per heavy atom. The van der Waals surface area contributed by atoms with Gasteiger partial charge in [-0.3, -0.25) is 0 Å². The molecule has 1 N–H and O–H groups in total. The largest absolute Gasteiger partial charge is 0.494 e. The van der Waals surface area contributed by atoms with E-state index in [2.05, 4.69) is 19.2 Å². The molecule has 1 saturated heterocycles. The summed E-state index contributed by atoms with van der Waals surface area (Å²) in [6.07, 6.45) is 0. The number of benzene rings is 2. The van der Waals surface area contributed by atoms with Crippen LogP contribution in [0.5, 0.6) is 5.75 Å². The van der Waals surface area contributed by atoms with Gasteiger partial charge in [-0.05, 0) is 48.6 Å². The lowest BCUT2D eigenvalue weighted by Crippen LogP contribution is -2.31. The van der Waals surface area contributed by atoms with Crippen LogP contribution < -0.4 is 10.1 Å². The summed E-state index contributed by atoms with van der Waals surface area (Å²) in [5, 5.41) is 3.54. The topological polar surface area (TPSA) is 39.7 Å². The third-order valence-corrected chi connectivity index (χ3v) is 7.47. The van der Waals surface area contributed by atoms with Crippen LogP contribution in [-0.4, -0.2) is 19.8 Å². The highest BCUT2D eigenvalue weighted by Gasteiger charge is 2.40. The van der Waals surface area contributed by atoms with E-state index in [-0.39, 0.29) is 11.2 Å². The van der Waals surface area contributed by atoms with Crippen LogP contribution >= 0.6 is 6.49 Å². The Hall–Kier alpha value is -1.39. The highest BCUT2D eigenvalue weighted by molar-refractivity contribution is 8.10. The Balaban J connectivity index is 1.90. The Bertz CT molecular complexity index is 750. The van der Waals surface area contributed by atoms with Crippen molar-refractivity contribution in [2.45, 2.75) is 26.6 Å². The third kappa shape index (κ3) is 4.66. The molecule has 1 fully saturated rings.